The number of ether oxygens (including phenoxy) is 1. The molecule has 1 aromatic heterocycles. The van der Waals surface area contributed by atoms with Crippen LogP contribution >= 0.6 is 11.3 Å². The highest BCUT2D eigenvalue weighted by Gasteiger charge is 2.23. The number of aromatic nitrogens is 1. The van der Waals surface area contributed by atoms with Gasteiger partial charge in [0.15, 0.2) is 0 Å². The number of carbonyl (C=O) groups is 1. The van der Waals surface area contributed by atoms with E-state index in [2.05, 4.69) is 4.98 Å². The van der Waals surface area contributed by atoms with Crippen LogP contribution in [0.2, 0.25) is 0 Å². The number of para-hydroxylation sites is 1. The molecule has 4 heteroatoms. The van der Waals surface area contributed by atoms with Crippen molar-refractivity contribution in [1.29, 1.82) is 0 Å². The fourth-order valence-electron chi connectivity index (χ4n) is 1.33. The van der Waals surface area contributed by atoms with Gasteiger partial charge in [-0.05, 0) is 32.9 Å². The average molecular weight is 249 g/mol. The van der Waals surface area contributed by atoms with E-state index in [-0.39, 0.29) is 12.6 Å². The summed E-state index contributed by atoms with van der Waals surface area (Å²) in [7, 11) is 0. The molecule has 0 aliphatic heterocycles. The van der Waals surface area contributed by atoms with Gasteiger partial charge < -0.3 is 4.74 Å². The lowest BCUT2D eigenvalue weighted by Crippen LogP contribution is -2.22. The normalized spacial score (nSPS) is 11.7. The van der Waals surface area contributed by atoms with Gasteiger partial charge in [0, 0.05) is 0 Å². The molecule has 0 unspecified atom stereocenters. The van der Waals surface area contributed by atoms with Crippen LogP contribution in [0.4, 0.5) is 0 Å². The predicted molar refractivity (Wildman–Crippen MR) is 68.9 cm³/mol. The molecule has 0 fully saturated rings. The maximum atomic E-state index is 11.6. The smallest absolute Gasteiger partial charge is 0.311 e. The maximum Gasteiger partial charge on any atom is 0.311 e. The Bertz CT molecular complexity index is 507. The molecular formula is C13H15NO2S. The lowest BCUT2D eigenvalue weighted by Gasteiger charge is -2.15. The highest BCUT2D eigenvalue weighted by Crippen LogP contribution is 2.23. The topological polar surface area (TPSA) is 39.2 Å². The van der Waals surface area contributed by atoms with Crippen molar-refractivity contribution in [3.8, 4) is 0 Å². The predicted octanol–water partition coefficient (Wildman–Crippen LogP) is 3.39. The Labute approximate surface area is 104 Å². The molecule has 90 valence electrons. The minimum Gasteiger partial charge on any atom is -0.458 e. The minimum atomic E-state index is -0.462. The van der Waals surface area contributed by atoms with Crippen molar-refractivity contribution in [1.82, 2.24) is 4.98 Å². The van der Waals surface area contributed by atoms with Crippen molar-refractivity contribution >= 4 is 27.5 Å². The Kier molecular flexibility index (Phi) is 3.15. The van der Waals surface area contributed by atoms with Crippen LogP contribution in [-0.2, 0) is 16.1 Å². The van der Waals surface area contributed by atoms with E-state index < -0.39 is 5.41 Å². The summed E-state index contributed by atoms with van der Waals surface area (Å²) in [5.74, 6) is -0.197. The Morgan fingerprint density at radius 1 is 1.35 bits per heavy atom. The largest absolute Gasteiger partial charge is 0.458 e. The van der Waals surface area contributed by atoms with E-state index in [4.69, 9.17) is 4.74 Å². The second kappa shape index (κ2) is 4.45. The van der Waals surface area contributed by atoms with Gasteiger partial charge in [-0.2, -0.15) is 0 Å². The molecule has 0 N–H and O–H groups in total. The SMILES string of the molecule is CC(C)(C)C(=O)OCc1nc2ccccc2s1. The van der Waals surface area contributed by atoms with Crippen LogP contribution in [0.5, 0.6) is 0 Å². The zero-order valence-electron chi connectivity index (χ0n) is 10.2. The molecule has 3 nitrogen and oxygen atoms in total. The minimum absolute atomic E-state index is 0.197. The number of nitrogens with zero attached hydrogens (tertiary/aromatic N) is 1. The molecule has 0 radical (unpaired) electrons. The lowest BCUT2D eigenvalue weighted by molar-refractivity contribution is -0.154. The number of hydrogen-bond acceptors (Lipinski definition) is 4. The van der Waals surface area contributed by atoms with Crippen LogP contribution in [0.1, 0.15) is 25.8 Å². The zero-order valence-corrected chi connectivity index (χ0v) is 11.0. The van der Waals surface area contributed by atoms with Crippen molar-refractivity contribution in [3.05, 3.63) is 29.3 Å². The van der Waals surface area contributed by atoms with Gasteiger partial charge in [-0.25, -0.2) is 4.98 Å². The summed E-state index contributed by atoms with van der Waals surface area (Å²) in [6.45, 7) is 5.78. The first-order chi connectivity index (χ1) is 7.97. The van der Waals surface area contributed by atoms with Gasteiger partial charge in [0.1, 0.15) is 11.6 Å². The fourth-order valence-corrected chi connectivity index (χ4v) is 2.21. The number of rotatable bonds is 2. The van der Waals surface area contributed by atoms with E-state index in [0.29, 0.717) is 0 Å². The third-order valence-electron chi connectivity index (χ3n) is 2.28. The van der Waals surface area contributed by atoms with Crippen molar-refractivity contribution in [2.45, 2.75) is 27.4 Å². The van der Waals surface area contributed by atoms with Crippen LogP contribution in [0.25, 0.3) is 10.2 Å². The van der Waals surface area contributed by atoms with E-state index in [1.54, 1.807) is 11.3 Å². The fraction of sp³-hybridized carbons (Fsp3) is 0.385. The Balaban J connectivity index is 2.07. The third-order valence-corrected chi connectivity index (χ3v) is 3.29. The van der Waals surface area contributed by atoms with Crippen molar-refractivity contribution in [2.24, 2.45) is 5.41 Å². The number of esters is 1. The number of thiazole rings is 1. The number of benzene rings is 1. The summed E-state index contributed by atoms with van der Waals surface area (Å²) < 4.78 is 6.35. The van der Waals surface area contributed by atoms with Gasteiger partial charge in [-0.1, -0.05) is 12.1 Å². The van der Waals surface area contributed by atoms with Gasteiger partial charge in [0.2, 0.25) is 0 Å². The molecule has 2 rings (SSSR count). The van der Waals surface area contributed by atoms with Crippen LogP contribution in [0.15, 0.2) is 24.3 Å². The number of hydrogen-bond donors (Lipinski definition) is 0. The second-order valence-electron chi connectivity index (χ2n) is 4.90. The molecule has 0 bridgehead atoms. The first-order valence-corrected chi connectivity index (χ1v) is 6.30. The van der Waals surface area contributed by atoms with Gasteiger partial charge >= 0.3 is 5.97 Å². The second-order valence-corrected chi connectivity index (χ2v) is 6.02. The molecule has 1 heterocycles. The third kappa shape index (κ3) is 2.82. The van der Waals surface area contributed by atoms with Crippen molar-refractivity contribution in [2.75, 3.05) is 0 Å². The average Bonchev–Trinajstić information content (AvgIpc) is 2.66. The number of carbonyl (C=O) groups excluding carboxylic acids is 1. The summed E-state index contributed by atoms with van der Waals surface area (Å²) in [5, 5.41) is 0.837. The zero-order chi connectivity index (χ0) is 12.5. The molecule has 0 amide bonds. The molecule has 0 saturated heterocycles. The highest BCUT2D eigenvalue weighted by atomic mass is 32.1. The van der Waals surface area contributed by atoms with Crippen molar-refractivity contribution in [3.63, 3.8) is 0 Å². The van der Waals surface area contributed by atoms with E-state index in [9.17, 15) is 4.79 Å². The first kappa shape index (κ1) is 12.0. The Morgan fingerprint density at radius 3 is 2.71 bits per heavy atom. The maximum absolute atomic E-state index is 11.6. The summed E-state index contributed by atoms with van der Waals surface area (Å²) in [6, 6.07) is 7.90. The van der Waals surface area contributed by atoms with Gasteiger partial charge in [0.05, 0.1) is 15.6 Å². The van der Waals surface area contributed by atoms with Crippen LogP contribution in [0, 0.1) is 5.41 Å². The van der Waals surface area contributed by atoms with Crippen molar-refractivity contribution < 1.29 is 9.53 Å². The van der Waals surface area contributed by atoms with Crippen LogP contribution in [0.3, 0.4) is 0 Å². The standard InChI is InChI=1S/C13H15NO2S/c1-13(2,3)12(15)16-8-11-14-9-6-4-5-7-10(9)17-11/h4-7H,8H2,1-3H3. The Morgan fingerprint density at radius 2 is 2.06 bits per heavy atom. The lowest BCUT2D eigenvalue weighted by atomic mass is 9.97. The van der Waals surface area contributed by atoms with E-state index in [0.717, 1.165) is 15.2 Å². The summed E-state index contributed by atoms with van der Waals surface area (Å²) in [6.07, 6.45) is 0. The molecule has 0 saturated carbocycles. The molecular weight excluding hydrogens is 234 g/mol. The summed E-state index contributed by atoms with van der Waals surface area (Å²) in [4.78, 5) is 16.0. The molecule has 0 aliphatic carbocycles. The van der Waals surface area contributed by atoms with Crippen LogP contribution < -0.4 is 0 Å². The van der Waals surface area contributed by atoms with E-state index in [1.807, 2.05) is 45.0 Å². The summed E-state index contributed by atoms with van der Waals surface area (Å²) in [5.41, 5.74) is 0.496. The van der Waals surface area contributed by atoms with E-state index >= 15 is 0 Å². The molecule has 2 aromatic rings. The van der Waals surface area contributed by atoms with Gasteiger partial charge in [0.25, 0.3) is 0 Å². The van der Waals surface area contributed by atoms with Gasteiger partial charge in [-0.15, -0.1) is 11.3 Å². The number of fused-ring (bicyclic) bond motifs is 1. The Hall–Kier alpha value is -1.42. The van der Waals surface area contributed by atoms with Gasteiger partial charge in [-0.3, -0.25) is 4.79 Å². The van der Waals surface area contributed by atoms with E-state index in [1.165, 1.54) is 0 Å². The molecule has 1 aromatic carbocycles. The molecule has 17 heavy (non-hydrogen) atoms. The summed E-state index contributed by atoms with van der Waals surface area (Å²) >= 11 is 1.56. The molecule has 0 spiro atoms. The van der Waals surface area contributed by atoms with Crippen LogP contribution in [-0.4, -0.2) is 11.0 Å². The highest BCUT2D eigenvalue weighted by molar-refractivity contribution is 7.18. The molecule has 0 atom stereocenters. The first-order valence-electron chi connectivity index (χ1n) is 5.48. The molecule has 0 aliphatic rings. The quantitative estimate of drug-likeness (QED) is 0.766. The monoisotopic (exact) mass is 249 g/mol.